The molecule has 0 aromatic heterocycles. The van der Waals surface area contributed by atoms with E-state index in [0.29, 0.717) is 6.42 Å². The number of carbonyl (C=O) groups is 2. The van der Waals surface area contributed by atoms with E-state index < -0.39 is 12.1 Å². The second kappa shape index (κ2) is 23.2. The lowest BCUT2D eigenvalue weighted by Crippen LogP contribution is -2.24. The molecular weight excluding hydrogens is 420 g/mol. The number of unbranched alkanes of at least 4 members (excludes halogenated alkanes) is 10. The minimum Gasteiger partial charge on any atom is -0.478 e. The van der Waals surface area contributed by atoms with Gasteiger partial charge in [-0.3, -0.25) is 4.79 Å². The number of carboxylic acid groups (broad SMARTS) is 1. The van der Waals surface area contributed by atoms with Crippen molar-refractivity contribution in [3.05, 3.63) is 36.5 Å². The lowest BCUT2D eigenvalue weighted by molar-refractivity contribution is -0.147. The number of aliphatic hydroxyl groups is 1. The summed E-state index contributed by atoms with van der Waals surface area (Å²) in [4.78, 5) is 22.3. The van der Waals surface area contributed by atoms with Crippen molar-refractivity contribution >= 4 is 11.9 Å². The molecule has 0 saturated heterocycles. The fraction of sp³-hybridized carbons (Fsp3) is 0.704. The van der Waals surface area contributed by atoms with E-state index in [4.69, 9.17) is 14.6 Å². The van der Waals surface area contributed by atoms with Gasteiger partial charge < -0.3 is 19.7 Å². The predicted octanol–water partition coefficient (Wildman–Crippen LogP) is 6.14. The second-order valence-electron chi connectivity index (χ2n) is 8.45. The molecule has 0 heterocycles. The summed E-state index contributed by atoms with van der Waals surface area (Å²) in [6, 6.07) is 0. The van der Waals surface area contributed by atoms with Crippen LogP contribution < -0.4 is 0 Å². The highest BCUT2D eigenvalue weighted by Crippen LogP contribution is 2.11. The number of carboxylic acids is 1. The number of allylic oxidation sites excluding steroid dienone is 4. The van der Waals surface area contributed by atoms with Gasteiger partial charge in [-0.1, -0.05) is 82.8 Å². The molecule has 0 spiro atoms. The van der Waals surface area contributed by atoms with Crippen molar-refractivity contribution in [2.24, 2.45) is 0 Å². The Bertz CT molecular complexity index is 567. The molecule has 0 aliphatic carbocycles. The van der Waals surface area contributed by atoms with Crippen LogP contribution in [0.15, 0.2) is 36.5 Å². The quantitative estimate of drug-likeness (QED) is 0.0813. The SMILES string of the molecule is C=C(COC[C@@H](O)COC(=O)CCCCCCCCC/C=C/C/C=C/CCCCC)C(=O)O. The van der Waals surface area contributed by atoms with Crippen molar-refractivity contribution in [3.8, 4) is 0 Å². The van der Waals surface area contributed by atoms with E-state index in [2.05, 4.69) is 37.8 Å². The lowest BCUT2D eigenvalue weighted by atomic mass is 10.1. The first-order valence-electron chi connectivity index (χ1n) is 12.6. The summed E-state index contributed by atoms with van der Waals surface area (Å²) >= 11 is 0. The summed E-state index contributed by atoms with van der Waals surface area (Å²) in [6.45, 7) is 5.13. The zero-order chi connectivity index (χ0) is 24.6. The fourth-order valence-corrected chi connectivity index (χ4v) is 3.12. The summed E-state index contributed by atoms with van der Waals surface area (Å²) in [5.41, 5.74) is -0.0903. The van der Waals surface area contributed by atoms with Gasteiger partial charge in [0.2, 0.25) is 0 Å². The van der Waals surface area contributed by atoms with Gasteiger partial charge in [0, 0.05) is 6.42 Å². The Morgan fingerprint density at radius 3 is 2.03 bits per heavy atom. The van der Waals surface area contributed by atoms with Crippen LogP contribution >= 0.6 is 0 Å². The Kier molecular flexibility index (Phi) is 21.9. The highest BCUT2D eigenvalue weighted by Gasteiger charge is 2.10. The van der Waals surface area contributed by atoms with Crippen LogP contribution in [0.3, 0.4) is 0 Å². The zero-order valence-corrected chi connectivity index (χ0v) is 20.6. The molecule has 6 heteroatoms. The van der Waals surface area contributed by atoms with Gasteiger partial charge in [0.1, 0.15) is 12.7 Å². The van der Waals surface area contributed by atoms with Gasteiger partial charge in [-0.15, -0.1) is 0 Å². The molecule has 0 aromatic rings. The maximum absolute atomic E-state index is 11.7. The maximum Gasteiger partial charge on any atom is 0.333 e. The standard InChI is InChI=1S/C27H46O6/c1-3-4-5-6-7-8-9-10-11-12-13-14-15-16-17-18-19-20-26(29)33-23-25(28)22-32-21-24(2)27(30)31/h7-8,10-11,25,28H,2-6,9,12-23H2,1H3,(H,30,31)/b8-7+,11-10+/t25-/m1/s1. The molecule has 0 radical (unpaired) electrons. The molecule has 33 heavy (non-hydrogen) atoms. The molecule has 0 amide bonds. The molecule has 2 N–H and O–H groups in total. The van der Waals surface area contributed by atoms with Crippen molar-refractivity contribution < 1.29 is 29.3 Å². The molecule has 0 bridgehead atoms. The molecule has 0 aliphatic rings. The molecule has 0 aliphatic heterocycles. The van der Waals surface area contributed by atoms with E-state index in [1.54, 1.807) is 0 Å². The van der Waals surface area contributed by atoms with Gasteiger partial charge in [-0.25, -0.2) is 4.79 Å². The van der Waals surface area contributed by atoms with Crippen LogP contribution in [-0.4, -0.2) is 48.1 Å². The first kappa shape index (κ1) is 31.1. The van der Waals surface area contributed by atoms with Crippen molar-refractivity contribution in [2.45, 2.75) is 103 Å². The molecule has 0 rings (SSSR count). The van der Waals surface area contributed by atoms with E-state index in [0.717, 1.165) is 32.1 Å². The Balaban J connectivity index is 3.42. The van der Waals surface area contributed by atoms with Gasteiger partial charge in [0.05, 0.1) is 18.8 Å². The van der Waals surface area contributed by atoms with E-state index in [9.17, 15) is 14.7 Å². The van der Waals surface area contributed by atoms with Crippen molar-refractivity contribution in [1.29, 1.82) is 0 Å². The van der Waals surface area contributed by atoms with Crippen LogP contribution in [0.2, 0.25) is 0 Å². The number of aliphatic carboxylic acids is 1. The number of esters is 1. The van der Waals surface area contributed by atoms with Gasteiger partial charge >= 0.3 is 11.9 Å². The van der Waals surface area contributed by atoms with Crippen molar-refractivity contribution in [1.82, 2.24) is 0 Å². The fourth-order valence-electron chi connectivity index (χ4n) is 3.12. The average Bonchev–Trinajstić information content (AvgIpc) is 2.79. The minimum absolute atomic E-state index is 0.0903. The average molecular weight is 467 g/mol. The van der Waals surface area contributed by atoms with Crippen molar-refractivity contribution in [2.75, 3.05) is 19.8 Å². The van der Waals surface area contributed by atoms with Crippen LogP contribution in [0.4, 0.5) is 0 Å². The van der Waals surface area contributed by atoms with Gasteiger partial charge in [-0.2, -0.15) is 0 Å². The molecule has 0 saturated carbocycles. The summed E-state index contributed by atoms with van der Waals surface area (Å²) in [6.07, 6.45) is 23.6. The van der Waals surface area contributed by atoms with E-state index in [1.807, 2.05) is 0 Å². The number of ether oxygens (including phenoxy) is 2. The third-order valence-corrected chi connectivity index (χ3v) is 5.16. The number of carbonyl (C=O) groups excluding carboxylic acids is 1. The summed E-state index contributed by atoms with van der Waals surface area (Å²) in [5.74, 6) is -1.47. The lowest BCUT2D eigenvalue weighted by Gasteiger charge is -2.12. The van der Waals surface area contributed by atoms with Crippen LogP contribution in [-0.2, 0) is 19.1 Å². The Labute approximate surface area is 200 Å². The van der Waals surface area contributed by atoms with Gasteiger partial charge in [0.25, 0.3) is 0 Å². The Morgan fingerprint density at radius 2 is 1.42 bits per heavy atom. The maximum atomic E-state index is 11.7. The number of aliphatic hydroxyl groups excluding tert-OH is 1. The number of rotatable bonds is 23. The summed E-state index contributed by atoms with van der Waals surface area (Å²) < 4.78 is 10.0. The van der Waals surface area contributed by atoms with Crippen LogP contribution in [0.25, 0.3) is 0 Å². The molecular formula is C27H46O6. The van der Waals surface area contributed by atoms with Crippen molar-refractivity contribution in [3.63, 3.8) is 0 Å². The number of hydrogen-bond acceptors (Lipinski definition) is 5. The molecule has 190 valence electrons. The van der Waals surface area contributed by atoms with Crippen LogP contribution in [0, 0.1) is 0 Å². The van der Waals surface area contributed by atoms with Gasteiger partial charge in [0.15, 0.2) is 0 Å². The smallest absolute Gasteiger partial charge is 0.333 e. The normalized spacial score (nSPS) is 12.4. The zero-order valence-electron chi connectivity index (χ0n) is 20.6. The largest absolute Gasteiger partial charge is 0.478 e. The molecule has 0 fully saturated rings. The minimum atomic E-state index is -1.14. The highest BCUT2D eigenvalue weighted by molar-refractivity contribution is 5.85. The first-order chi connectivity index (χ1) is 16.0. The molecule has 6 nitrogen and oxygen atoms in total. The highest BCUT2D eigenvalue weighted by atomic mass is 16.5. The first-order valence-corrected chi connectivity index (χ1v) is 12.6. The Hall–Kier alpha value is -1.92. The Morgan fingerprint density at radius 1 is 0.848 bits per heavy atom. The van der Waals surface area contributed by atoms with E-state index >= 15 is 0 Å². The van der Waals surface area contributed by atoms with Crippen LogP contribution in [0.1, 0.15) is 96.8 Å². The third-order valence-electron chi connectivity index (χ3n) is 5.16. The monoisotopic (exact) mass is 466 g/mol. The second-order valence-corrected chi connectivity index (χ2v) is 8.45. The van der Waals surface area contributed by atoms with E-state index in [1.165, 1.54) is 51.4 Å². The molecule has 1 atom stereocenters. The number of hydrogen-bond donors (Lipinski definition) is 2. The topological polar surface area (TPSA) is 93.1 Å². The summed E-state index contributed by atoms with van der Waals surface area (Å²) in [5, 5.41) is 18.3. The third kappa shape index (κ3) is 23.0. The summed E-state index contributed by atoms with van der Waals surface area (Å²) in [7, 11) is 0. The molecule has 0 aromatic carbocycles. The molecule has 0 unspecified atom stereocenters. The predicted molar refractivity (Wildman–Crippen MR) is 133 cm³/mol. The van der Waals surface area contributed by atoms with Crippen LogP contribution in [0.5, 0.6) is 0 Å². The van der Waals surface area contributed by atoms with E-state index in [-0.39, 0.29) is 31.4 Å². The van der Waals surface area contributed by atoms with Gasteiger partial charge in [-0.05, 0) is 38.5 Å².